The van der Waals surface area contributed by atoms with Crippen molar-refractivity contribution in [3.63, 3.8) is 0 Å². The van der Waals surface area contributed by atoms with Crippen LogP contribution in [0.25, 0.3) is 0 Å². The van der Waals surface area contributed by atoms with E-state index in [4.69, 9.17) is 9.26 Å². The van der Waals surface area contributed by atoms with E-state index in [1.165, 1.54) is 12.8 Å². The molecule has 1 saturated carbocycles. The van der Waals surface area contributed by atoms with Gasteiger partial charge in [0.1, 0.15) is 6.61 Å². The molecule has 1 heterocycles. The lowest BCUT2D eigenvalue weighted by Gasteiger charge is -2.21. The van der Waals surface area contributed by atoms with Crippen LogP contribution < -0.4 is 4.74 Å². The van der Waals surface area contributed by atoms with Crippen LogP contribution in [-0.2, 0) is 15.7 Å². The molecule has 1 aromatic heterocycles. The molecule has 1 fully saturated rings. The summed E-state index contributed by atoms with van der Waals surface area (Å²) in [7, 11) is -2.57. The van der Waals surface area contributed by atoms with Gasteiger partial charge < -0.3 is 9.26 Å². The highest BCUT2D eigenvalue weighted by atomic mass is 31.2. The fourth-order valence-electron chi connectivity index (χ4n) is 3.17. The van der Waals surface area contributed by atoms with Gasteiger partial charge in [0.25, 0.3) is 0 Å². The summed E-state index contributed by atoms with van der Waals surface area (Å²) in [6, 6.07) is 14.1. The summed E-state index contributed by atoms with van der Waals surface area (Å²) in [5.41, 5.74) is 2.27. The predicted octanol–water partition coefficient (Wildman–Crippen LogP) is 5.10. The first-order chi connectivity index (χ1) is 12.1. The van der Waals surface area contributed by atoms with Gasteiger partial charge in [-0.1, -0.05) is 30.3 Å². The smallest absolute Gasteiger partial charge is 0.213 e. The number of pyridine rings is 1. The third-order valence-electron chi connectivity index (χ3n) is 4.54. The van der Waals surface area contributed by atoms with Gasteiger partial charge in [-0.15, -0.1) is 0 Å². The van der Waals surface area contributed by atoms with E-state index in [-0.39, 0.29) is 5.92 Å². The minimum atomic E-state index is -2.57. The SMILES string of the molecule is CCOP(C)(=O)C[C@H](c1ccnc(OCc2ccccc2)c1)C1CC1. The van der Waals surface area contributed by atoms with Crippen LogP contribution in [0.5, 0.6) is 5.88 Å². The molecule has 0 spiro atoms. The number of ether oxygens (including phenoxy) is 1. The van der Waals surface area contributed by atoms with E-state index in [1.807, 2.05) is 49.4 Å². The van der Waals surface area contributed by atoms with Crippen LogP contribution in [0.2, 0.25) is 0 Å². The van der Waals surface area contributed by atoms with Crippen molar-refractivity contribution in [2.75, 3.05) is 19.4 Å². The van der Waals surface area contributed by atoms with E-state index in [0.29, 0.717) is 31.2 Å². The number of rotatable bonds is 9. The van der Waals surface area contributed by atoms with E-state index in [9.17, 15) is 4.57 Å². The molecule has 1 aliphatic carbocycles. The highest BCUT2D eigenvalue weighted by Gasteiger charge is 2.36. The van der Waals surface area contributed by atoms with Crippen LogP contribution in [-0.4, -0.2) is 24.4 Å². The largest absolute Gasteiger partial charge is 0.473 e. The van der Waals surface area contributed by atoms with Gasteiger partial charge in [0, 0.05) is 25.1 Å². The molecule has 3 rings (SSSR count). The predicted molar refractivity (Wildman–Crippen MR) is 100 cm³/mol. The molecule has 1 aromatic carbocycles. The van der Waals surface area contributed by atoms with Gasteiger partial charge in [0.2, 0.25) is 13.2 Å². The fraction of sp³-hybridized carbons (Fsp3) is 0.450. The normalized spacial score (nSPS) is 17.7. The third-order valence-corrected chi connectivity index (χ3v) is 6.40. The molecule has 0 N–H and O–H groups in total. The summed E-state index contributed by atoms with van der Waals surface area (Å²) in [6.45, 7) is 4.63. The molecule has 0 amide bonds. The summed E-state index contributed by atoms with van der Waals surface area (Å²) in [4.78, 5) is 4.33. The molecule has 1 unspecified atom stereocenters. The molecule has 25 heavy (non-hydrogen) atoms. The zero-order chi connectivity index (χ0) is 17.7. The first kappa shape index (κ1) is 18.2. The van der Waals surface area contributed by atoms with Gasteiger partial charge in [-0.3, -0.25) is 4.57 Å². The second-order valence-electron chi connectivity index (χ2n) is 6.76. The number of hydrogen-bond donors (Lipinski definition) is 0. The number of aromatic nitrogens is 1. The third kappa shape index (κ3) is 5.42. The van der Waals surface area contributed by atoms with Crippen LogP contribution >= 0.6 is 7.37 Å². The van der Waals surface area contributed by atoms with Gasteiger partial charge in [-0.05, 0) is 48.8 Å². The molecule has 0 aliphatic heterocycles. The summed E-state index contributed by atoms with van der Waals surface area (Å²) in [6.07, 6.45) is 4.76. The van der Waals surface area contributed by atoms with Crippen molar-refractivity contribution in [1.82, 2.24) is 4.98 Å². The highest BCUT2D eigenvalue weighted by Crippen LogP contribution is 2.53. The number of benzene rings is 1. The Hall–Kier alpha value is -1.64. The number of nitrogens with zero attached hydrogens (tertiary/aromatic N) is 1. The molecule has 0 radical (unpaired) electrons. The molecule has 1 aliphatic rings. The maximum atomic E-state index is 12.7. The summed E-state index contributed by atoms with van der Waals surface area (Å²) in [5.74, 6) is 1.47. The van der Waals surface area contributed by atoms with E-state index in [2.05, 4.69) is 4.98 Å². The zero-order valence-electron chi connectivity index (χ0n) is 14.9. The molecule has 0 saturated heterocycles. The number of hydrogen-bond acceptors (Lipinski definition) is 4. The molecular formula is C20H26NO3P. The van der Waals surface area contributed by atoms with Crippen molar-refractivity contribution in [3.05, 3.63) is 59.8 Å². The van der Waals surface area contributed by atoms with Crippen molar-refractivity contribution in [2.24, 2.45) is 5.92 Å². The Balaban J connectivity index is 1.71. The standard InChI is InChI=1S/C20H26NO3P/c1-3-24-25(2,22)15-19(17-9-10-17)18-11-12-21-20(13-18)23-14-16-7-5-4-6-8-16/h4-8,11-13,17,19H,3,9-10,14-15H2,1-2H3/t19-,25?/m0/s1. The first-order valence-electron chi connectivity index (χ1n) is 8.91. The molecular weight excluding hydrogens is 333 g/mol. The van der Waals surface area contributed by atoms with Crippen LogP contribution in [0.3, 0.4) is 0 Å². The lowest BCUT2D eigenvalue weighted by molar-refractivity contribution is 0.293. The quantitative estimate of drug-likeness (QED) is 0.585. The summed E-state index contributed by atoms with van der Waals surface area (Å²) in [5, 5.41) is 0. The van der Waals surface area contributed by atoms with E-state index in [1.54, 1.807) is 12.9 Å². The Morgan fingerprint density at radius 1 is 1.24 bits per heavy atom. The average molecular weight is 359 g/mol. The van der Waals surface area contributed by atoms with Crippen molar-refractivity contribution < 1.29 is 13.8 Å². The average Bonchev–Trinajstić information content (AvgIpc) is 3.44. The van der Waals surface area contributed by atoms with Crippen molar-refractivity contribution in [3.8, 4) is 5.88 Å². The highest BCUT2D eigenvalue weighted by molar-refractivity contribution is 7.58. The van der Waals surface area contributed by atoms with Crippen LogP contribution in [0, 0.1) is 5.92 Å². The molecule has 134 valence electrons. The van der Waals surface area contributed by atoms with Crippen LogP contribution in [0.4, 0.5) is 0 Å². The first-order valence-corrected chi connectivity index (χ1v) is 11.2. The Labute approximate surface area is 150 Å². The van der Waals surface area contributed by atoms with Gasteiger partial charge >= 0.3 is 0 Å². The van der Waals surface area contributed by atoms with E-state index >= 15 is 0 Å². The van der Waals surface area contributed by atoms with Crippen molar-refractivity contribution >= 4 is 7.37 Å². The zero-order valence-corrected chi connectivity index (χ0v) is 15.8. The Bertz CT molecular complexity index is 731. The Kier molecular flexibility index (Phi) is 5.93. The lowest BCUT2D eigenvalue weighted by Crippen LogP contribution is -2.10. The van der Waals surface area contributed by atoms with Crippen molar-refractivity contribution in [2.45, 2.75) is 32.3 Å². The minimum absolute atomic E-state index is 0.254. The van der Waals surface area contributed by atoms with Crippen LogP contribution in [0.15, 0.2) is 48.7 Å². The molecule has 2 aromatic rings. The fourth-order valence-corrected chi connectivity index (χ4v) is 5.05. The second kappa shape index (κ2) is 8.16. The molecule has 0 bridgehead atoms. The van der Waals surface area contributed by atoms with Crippen molar-refractivity contribution in [1.29, 1.82) is 0 Å². The Morgan fingerprint density at radius 2 is 2.00 bits per heavy atom. The maximum absolute atomic E-state index is 12.7. The topological polar surface area (TPSA) is 48.4 Å². The lowest BCUT2D eigenvalue weighted by atomic mass is 9.97. The molecule has 5 heteroatoms. The van der Waals surface area contributed by atoms with Gasteiger partial charge in [-0.25, -0.2) is 4.98 Å². The minimum Gasteiger partial charge on any atom is -0.473 e. The van der Waals surface area contributed by atoms with Gasteiger partial charge in [0.05, 0.1) is 6.61 Å². The Morgan fingerprint density at radius 3 is 2.68 bits per heavy atom. The van der Waals surface area contributed by atoms with Gasteiger partial charge in [0.15, 0.2) is 0 Å². The summed E-state index contributed by atoms with van der Waals surface area (Å²) < 4.78 is 24.0. The van der Waals surface area contributed by atoms with Crippen LogP contribution in [0.1, 0.15) is 36.8 Å². The second-order valence-corrected chi connectivity index (χ2v) is 9.41. The summed E-state index contributed by atoms with van der Waals surface area (Å²) >= 11 is 0. The van der Waals surface area contributed by atoms with E-state index < -0.39 is 7.37 Å². The monoisotopic (exact) mass is 359 g/mol. The molecule has 4 nitrogen and oxygen atoms in total. The van der Waals surface area contributed by atoms with Gasteiger partial charge in [-0.2, -0.15) is 0 Å². The molecule has 2 atom stereocenters. The maximum Gasteiger partial charge on any atom is 0.213 e. The van der Waals surface area contributed by atoms with E-state index in [0.717, 1.165) is 11.1 Å².